The molecule has 0 saturated carbocycles. The van der Waals surface area contributed by atoms with Crippen LogP contribution in [0.4, 0.5) is 5.69 Å². The van der Waals surface area contributed by atoms with Crippen LogP contribution in [0, 0.1) is 6.92 Å². The third kappa shape index (κ3) is 2.61. The van der Waals surface area contributed by atoms with Gasteiger partial charge < -0.3 is 10.1 Å². The number of aryl methyl sites for hydroxylation is 1. The Kier molecular flexibility index (Phi) is 3.47. The fourth-order valence-corrected chi connectivity index (χ4v) is 2.78. The van der Waals surface area contributed by atoms with E-state index in [9.17, 15) is 0 Å². The summed E-state index contributed by atoms with van der Waals surface area (Å²) in [5.41, 5.74) is 3.75. The summed E-state index contributed by atoms with van der Waals surface area (Å²) in [6.07, 6.45) is 0. The maximum atomic E-state index is 5.70. The molecule has 0 bridgehead atoms. The highest BCUT2D eigenvalue weighted by Crippen LogP contribution is 2.33. The van der Waals surface area contributed by atoms with Crippen LogP contribution in [0.25, 0.3) is 0 Å². The number of fused-ring (bicyclic) bond motifs is 1. The maximum absolute atomic E-state index is 5.70. The monoisotopic (exact) mass is 317 g/mol. The Bertz CT molecular complexity index is 597. The van der Waals surface area contributed by atoms with Crippen LogP contribution in [0.5, 0.6) is 5.75 Å². The number of hydrogen-bond donors (Lipinski definition) is 1. The highest BCUT2D eigenvalue weighted by molar-refractivity contribution is 9.10. The van der Waals surface area contributed by atoms with Gasteiger partial charge >= 0.3 is 0 Å². The van der Waals surface area contributed by atoms with Crippen LogP contribution >= 0.6 is 15.9 Å². The minimum atomic E-state index is 0.426. The molecule has 3 rings (SSSR count). The molecule has 0 saturated heterocycles. The number of nitrogens with one attached hydrogen (secondary N) is 1. The third-order valence-corrected chi connectivity index (χ3v) is 4.03. The average Bonchev–Trinajstić information content (AvgIpc) is 2.83. The van der Waals surface area contributed by atoms with E-state index in [1.54, 1.807) is 0 Å². The minimum absolute atomic E-state index is 0.426. The van der Waals surface area contributed by atoms with Gasteiger partial charge in [0.05, 0.1) is 6.61 Å². The van der Waals surface area contributed by atoms with Gasteiger partial charge in [0.15, 0.2) is 0 Å². The van der Waals surface area contributed by atoms with Gasteiger partial charge in [-0.3, -0.25) is 0 Å². The second kappa shape index (κ2) is 5.25. The van der Waals surface area contributed by atoms with Gasteiger partial charge in [-0.1, -0.05) is 40.2 Å². The highest BCUT2D eigenvalue weighted by atomic mass is 79.9. The van der Waals surface area contributed by atoms with E-state index in [0.717, 1.165) is 23.4 Å². The molecule has 2 aromatic rings. The van der Waals surface area contributed by atoms with Crippen LogP contribution in [-0.2, 0) is 0 Å². The van der Waals surface area contributed by atoms with E-state index >= 15 is 0 Å². The van der Waals surface area contributed by atoms with Crippen molar-refractivity contribution in [3.8, 4) is 5.75 Å². The van der Waals surface area contributed by atoms with E-state index in [-0.39, 0.29) is 0 Å². The van der Waals surface area contributed by atoms with Crippen molar-refractivity contribution in [2.75, 3.05) is 18.5 Å². The largest absolute Gasteiger partial charge is 0.493 e. The summed E-state index contributed by atoms with van der Waals surface area (Å²) >= 11 is 3.51. The van der Waals surface area contributed by atoms with E-state index in [1.807, 2.05) is 12.1 Å². The maximum Gasteiger partial charge on any atom is 0.122 e. The molecule has 2 nitrogen and oxygen atoms in total. The number of anilines is 1. The Morgan fingerprint density at radius 2 is 2.11 bits per heavy atom. The van der Waals surface area contributed by atoms with Crippen LogP contribution in [0.2, 0.25) is 0 Å². The van der Waals surface area contributed by atoms with E-state index in [2.05, 4.69) is 58.5 Å². The SMILES string of the molecule is Cc1ccc(Br)cc1NCC1COc2ccccc21. The predicted octanol–water partition coefficient (Wildman–Crippen LogP) is 4.35. The Balaban J connectivity index is 1.72. The predicted molar refractivity (Wildman–Crippen MR) is 82.0 cm³/mol. The molecule has 19 heavy (non-hydrogen) atoms. The van der Waals surface area contributed by atoms with Crippen LogP contribution < -0.4 is 10.1 Å². The quantitative estimate of drug-likeness (QED) is 0.909. The number of rotatable bonds is 3. The van der Waals surface area contributed by atoms with Crippen LogP contribution in [0.3, 0.4) is 0 Å². The Labute approximate surface area is 121 Å². The standard InChI is InChI=1S/C16H16BrNO/c1-11-6-7-13(17)8-15(11)18-9-12-10-19-16-5-3-2-4-14(12)16/h2-8,12,18H,9-10H2,1H3. The van der Waals surface area contributed by atoms with Gasteiger partial charge in [-0.15, -0.1) is 0 Å². The van der Waals surface area contributed by atoms with Gasteiger partial charge in [-0.25, -0.2) is 0 Å². The van der Waals surface area contributed by atoms with Gasteiger partial charge in [0.1, 0.15) is 5.75 Å². The first-order chi connectivity index (χ1) is 9.24. The van der Waals surface area contributed by atoms with Gasteiger partial charge in [0.2, 0.25) is 0 Å². The second-order valence-corrected chi connectivity index (χ2v) is 5.80. The fourth-order valence-electron chi connectivity index (χ4n) is 2.42. The second-order valence-electron chi connectivity index (χ2n) is 4.89. The Morgan fingerprint density at radius 1 is 1.26 bits per heavy atom. The van der Waals surface area contributed by atoms with E-state index in [4.69, 9.17) is 4.74 Å². The molecule has 2 aromatic carbocycles. The number of para-hydroxylation sites is 1. The minimum Gasteiger partial charge on any atom is -0.493 e. The van der Waals surface area contributed by atoms with E-state index in [1.165, 1.54) is 16.8 Å². The molecule has 3 heteroatoms. The lowest BCUT2D eigenvalue weighted by atomic mass is 10.0. The lowest BCUT2D eigenvalue weighted by Crippen LogP contribution is -2.14. The molecule has 1 atom stereocenters. The first-order valence-corrected chi connectivity index (χ1v) is 7.25. The Hall–Kier alpha value is -1.48. The molecule has 1 heterocycles. The highest BCUT2D eigenvalue weighted by Gasteiger charge is 2.23. The van der Waals surface area contributed by atoms with Crippen molar-refractivity contribution < 1.29 is 4.74 Å². The van der Waals surface area contributed by atoms with E-state index in [0.29, 0.717) is 5.92 Å². The summed E-state index contributed by atoms with van der Waals surface area (Å²) in [5, 5.41) is 3.53. The normalized spacial score (nSPS) is 16.8. The molecule has 1 N–H and O–H groups in total. The average molecular weight is 318 g/mol. The molecule has 98 valence electrons. The smallest absolute Gasteiger partial charge is 0.122 e. The van der Waals surface area contributed by atoms with Crippen molar-refractivity contribution in [2.24, 2.45) is 0 Å². The number of ether oxygens (including phenoxy) is 1. The number of halogens is 1. The first kappa shape index (κ1) is 12.5. The van der Waals surface area contributed by atoms with Crippen molar-refractivity contribution in [2.45, 2.75) is 12.8 Å². The topological polar surface area (TPSA) is 21.3 Å². The van der Waals surface area contributed by atoms with Crippen molar-refractivity contribution in [1.82, 2.24) is 0 Å². The molecule has 0 aliphatic carbocycles. The van der Waals surface area contributed by atoms with Gasteiger partial charge in [-0.05, 0) is 30.7 Å². The van der Waals surface area contributed by atoms with Crippen LogP contribution in [0.1, 0.15) is 17.0 Å². The van der Waals surface area contributed by atoms with Gasteiger partial charge in [0.25, 0.3) is 0 Å². The molecule has 1 aliphatic heterocycles. The molecule has 0 fully saturated rings. The van der Waals surface area contributed by atoms with Crippen molar-refractivity contribution in [3.63, 3.8) is 0 Å². The first-order valence-electron chi connectivity index (χ1n) is 6.46. The lowest BCUT2D eigenvalue weighted by Gasteiger charge is -2.14. The van der Waals surface area contributed by atoms with E-state index < -0.39 is 0 Å². The summed E-state index contributed by atoms with van der Waals surface area (Å²) in [6.45, 7) is 3.78. The molecule has 0 spiro atoms. The summed E-state index contributed by atoms with van der Waals surface area (Å²) in [7, 11) is 0. The zero-order valence-electron chi connectivity index (χ0n) is 10.8. The summed E-state index contributed by atoms with van der Waals surface area (Å²) in [6, 6.07) is 14.6. The molecular weight excluding hydrogens is 302 g/mol. The van der Waals surface area contributed by atoms with Gasteiger partial charge in [0, 0.05) is 28.2 Å². The summed E-state index contributed by atoms with van der Waals surface area (Å²) < 4.78 is 6.80. The number of hydrogen-bond acceptors (Lipinski definition) is 2. The van der Waals surface area contributed by atoms with Crippen molar-refractivity contribution >= 4 is 21.6 Å². The zero-order chi connectivity index (χ0) is 13.2. The fraction of sp³-hybridized carbons (Fsp3) is 0.250. The molecule has 0 amide bonds. The molecule has 1 unspecified atom stereocenters. The Morgan fingerprint density at radius 3 is 3.00 bits per heavy atom. The summed E-state index contributed by atoms with van der Waals surface area (Å²) in [5.74, 6) is 1.45. The number of benzene rings is 2. The summed E-state index contributed by atoms with van der Waals surface area (Å²) in [4.78, 5) is 0. The molecule has 1 aliphatic rings. The lowest BCUT2D eigenvalue weighted by molar-refractivity contribution is 0.334. The molecule has 0 radical (unpaired) electrons. The van der Waals surface area contributed by atoms with Gasteiger partial charge in [-0.2, -0.15) is 0 Å². The molecule has 0 aromatic heterocycles. The zero-order valence-corrected chi connectivity index (χ0v) is 12.4. The van der Waals surface area contributed by atoms with Crippen LogP contribution in [0.15, 0.2) is 46.9 Å². The van der Waals surface area contributed by atoms with Crippen LogP contribution in [-0.4, -0.2) is 13.2 Å². The van der Waals surface area contributed by atoms with Crippen molar-refractivity contribution in [3.05, 3.63) is 58.1 Å². The molecular formula is C16H16BrNO. The van der Waals surface area contributed by atoms with Crippen molar-refractivity contribution in [1.29, 1.82) is 0 Å². The third-order valence-electron chi connectivity index (χ3n) is 3.54.